The number of anilines is 2. The Balaban J connectivity index is 1.49. The lowest BCUT2D eigenvalue weighted by atomic mass is 9.91. The third-order valence-corrected chi connectivity index (χ3v) is 6.62. The summed E-state index contributed by atoms with van der Waals surface area (Å²) in [6, 6.07) is 17.8. The van der Waals surface area contributed by atoms with Crippen LogP contribution in [-0.4, -0.2) is 43.0 Å². The maximum absolute atomic E-state index is 13.0. The predicted molar refractivity (Wildman–Crippen MR) is 141 cm³/mol. The van der Waals surface area contributed by atoms with Gasteiger partial charge in [0.25, 0.3) is 11.6 Å². The van der Waals surface area contributed by atoms with E-state index in [4.69, 9.17) is 4.74 Å². The number of esters is 1. The minimum Gasteiger partial charge on any atom is -0.452 e. The van der Waals surface area contributed by atoms with Crippen LogP contribution in [0, 0.1) is 22.0 Å². The van der Waals surface area contributed by atoms with Gasteiger partial charge in [0.2, 0.25) is 0 Å². The number of rotatable bonds is 7. The molecule has 188 valence electrons. The van der Waals surface area contributed by atoms with Crippen LogP contribution >= 0.6 is 0 Å². The van der Waals surface area contributed by atoms with E-state index in [0.717, 1.165) is 36.0 Å². The molecular weight excluding hydrogens is 458 g/mol. The molecule has 8 heteroatoms. The minimum atomic E-state index is -0.771. The topological polar surface area (TPSA) is 93.0 Å². The summed E-state index contributed by atoms with van der Waals surface area (Å²) in [5.41, 5.74) is 1.15. The molecule has 4 rings (SSSR count). The number of hydrogen-bond acceptors (Lipinski definition) is 6. The van der Waals surface area contributed by atoms with E-state index in [0.29, 0.717) is 24.1 Å². The van der Waals surface area contributed by atoms with Crippen LogP contribution in [0.3, 0.4) is 0 Å². The van der Waals surface area contributed by atoms with Crippen molar-refractivity contribution in [3.05, 3.63) is 76.3 Å². The second kappa shape index (κ2) is 10.8. The van der Waals surface area contributed by atoms with Gasteiger partial charge in [0, 0.05) is 31.1 Å². The molecule has 3 aromatic rings. The fourth-order valence-electron chi connectivity index (χ4n) is 5.14. The smallest absolute Gasteiger partial charge is 0.338 e. The van der Waals surface area contributed by atoms with Crippen molar-refractivity contribution in [3.63, 3.8) is 0 Å². The summed E-state index contributed by atoms with van der Waals surface area (Å²) in [7, 11) is 0. The van der Waals surface area contributed by atoms with Crippen molar-refractivity contribution >= 4 is 39.7 Å². The Morgan fingerprint density at radius 2 is 1.75 bits per heavy atom. The molecule has 0 radical (unpaired) electrons. The second-order valence-corrected chi connectivity index (χ2v) is 9.52. The van der Waals surface area contributed by atoms with Gasteiger partial charge in [0.15, 0.2) is 6.61 Å². The molecule has 0 aromatic heterocycles. The molecule has 1 heterocycles. The summed E-state index contributed by atoms with van der Waals surface area (Å²) < 4.78 is 5.29. The third-order valence-electron chi connectivity index (χ3n) is 6.62. The van der Waals surface area contributed by atoms with E-state index >= 15 is 0 Å². The van der Waals surface area contributed by atoms with Gasteiger partial charge in [-0.3, -0.25) is 14.9 Å². The Hall–Kier alpha value is -3.94. The highest BCUT2D eigenvalue weighted by Gasteiger charge is 2.28. The van der Waals surface area contributed by atoms with E-state index in [2.05, 4.69) is 13.8 Å². The maximum atomic E-state index is 13.0. The van der Waals surface area contributed by atoms with Gasteiger partial charge in [-0.05, 0) is 48.8 Å². The number of carbonyl (C=O) groups is 2. The number of nitrogens with zero attached hydrogens (tertiary/aromatic N) is 3. The van der Waals surface area contributed by atoms with Crippen LogP contribution in [-0.2, 0) is 9.53 Å². The van der Waals surface area contributed by atoms with Gasteiger partial charge in [-0.2, -0.15) is 0 Å². The number of amides is 1. The quantitative estimate of drug-likeness (QED) is 0.249. The molecule has 1 fully saturated rings. The van der Waals surface area contributed by atoms with Crippen molar-refractivity contribution in [2.75, 3.05) is 36.0 Å². The molecule has 1 aliphatic rings. The molecule has 3 aromatic carbocycles. The first-order valence-corrected chi connectivity index (χ1v) is 12.3. The van der Waals surface area contributed by atoms with Crippen molar-refractivity contribution in [1.29, 1.82) is 0 Å². The first kappa shape index (κ1) is 25.2. The average Bonchev–Trinajstić information content (AvgIpc) is 2.87. The van der Waals surface area contributed by atoms with E-state index in [1.54, 1.807) is 11.0 Å². The summed E-state index contributed by atoms with van der Waals surface area (Å²) in [6.07, 6.45) is 1.08. The lowest BCUT2D eigenvalue weighted by Gasteiger charge is -2.36. The Kier molecular flexibility index (Phi) is 7.52. The number of likely N-dealkylation sites (N-methyl/N-ethyl adjacent to an activating group) is 1. The van der Waals surface area contributed by atoms with Crippen LogP contribution in [0.25, 0.3) is 10.8 Å². The molecule has 2 atom stereocenters. The van der Waals surface area contributed by atoms with Crippen LogP contribution in [0.15, 0.2) is 60.7 Å². The first-order valence-electron chi connectivity index (χ1n) is 12.3. The number of nitro benzene ring substituents is 1. The van der Waals surface area contributed by atoms with Crippen LogP contribution in [0.2, 0.25) is 0 Å². The van der Waals surface area contributed by atoms with Crippen LogP contribution in [0.5, 0.6) is 0 Å². The summed E-state index contributed by atoms with van der Waals surface area (Å²) >= 11 is 0. The van der Waals surface area contributed by atoms with Crippen molar-refractivity contribution in [1.82, 2.24) is 0 Å². The summed E-state index contributed by atoms with van der Waals surface area (Å²) in [4.78, 5) is 40.7. The monoisotopic (exact) mass is 489 g/mol. The summed E-state index contributed by atoms with van der Waals surface area (Å²) in [6.45, 7) is 7.51. The molecule has 36 heavy (non-hydrogen) atoms. The third kappa shape index (κ3) is 5.32. The Morgan fingerprint density at radius 1 is 1.06 bits per heavy atom. The lowest BCUT2D eigenvalue weighted by molar-refractivity contribution is -0.384. The van der Waals surface area contributed by atoms with Crippen LogP contribution in [0.4, 0.5) is 17.1 Å². The largest absolute Gasteiger partial charge is 0.452 e. The summed E-state index contributed by atoms with van der Waals surface area (Å²) in [5, 5.41) is 13.8. The van der Waals surface area contributed by atoms with Gasteiger partial charge in [0.05, 0.1) is 16.2 Å². The second-order valence-electron chi connectivity index (χ2n) is 9.52. The number of benzene rings is 3. The van der Waals surface area contributed by atoms with Crippen molar-refractivity contribution in [2.24, 2.45) is 11.8 Å². The Morgan fingerprint density at radius 3 is 2.44 bits per heavy atom. The van der Waals surface area contributed by atoms with Crippen LogP contribution < -0.4 is 9.80 Å². The number of hydrogen-bond donors (Lipinski definition) is 0. The molecule has 0 saturated carbocycles. The predicted octanol–water partition coefficient (Wildman–Crippen LogP) is 5.44. The standard InChI is InChI=1S/C28H31N3O5/c1-4-30(24-11-7-9-21-8-5-6-10-23(21)24)27(32)18-36-28(33)22-12-13-25(26(15-22)31(34)35)29-16-19(2)14-20(3)17-29/h5-13,15,19-20H,4,14,16-18H2,1-3H3. The van der Waals surface area contributed by atoms with Crippen molar-refractivity contribution in [3.8, 4) is 0 Å². The minimum absolute atomic E-state index is 0.0459. The van der Waals surface area contributed by atoms with E-state index in [1.165, 1.54) is 12.1 Å². The number of fused-ring (bicyclic) bond motifs is 1. The van der Waals surface area contributed by atoms with E-state index in [9.17, 15) is 19.7 Å². The molecule has 0 N–H and O–H groups in total. The van der Waals surface area contributed by atoms with E-state index < -0.39 is 17.5 Å². The van der Waals surface area contributed by atoms with Crippen molar-refractivity contribution in [2.45, 2.75) is 27.2 Å². The van der Waals surface area contributed by atoms with Gasteiger partial charge in [0.1, 0.15) is 5.69 Å². The fourth-order valence-corrected chi connectivity index (χ4v) is 5.14. The molecule has 1 amide bonds. The Labute approximate surface area is 210 Å². The molecule has 1 saturated heterocycles. The zero-order chi connectivity index (χ0) is 25.8. The molecule has 0 bridgehead atoms. The SMILES string of the molecule is CCN(C(=O)COC(=O)c1ccc(N2CC(C)CC(C)C2)c([N+](=O)[O-])c1)c1cccc2ccccc12. The van der Waals surface area contributed by atoms with Gasteiger partial charge in [-0.25, -0.2) is 4.79 Å². The highest BCUT2D eigenvalue weighted by atomic mass is 16.6. The normalized spacial score (nSPS) is 17.6. The zero-order valence-electron chi connectivity index (χ0n) is 20.8. The molecule has 8 nitrogen and oxygen atoms in total. The van der Waals surface area contributed by atoms with Gasteiger partial charge >= 0.3 is 5.97 Å². The van der Waals surface area contributed by atoms with Crippen LogP contribution in [0.1, 0.15) is 37.6 Å². The number of carbonyl (C=O) groups excluding carboxylic acids is 2. The highest BCUT2D eigenvalue weighted by Crippen LogP contribution is 2.34. The summed E-state index contributed by atoms with van der Waals surface area (Å²) in [5.74, 6) is -0.295. The number of piperidine rings is 1. The van der Waals surface area contributed by atoms with Gasteiger partial charge < -0.3 is 14.5 Å². The first-order chi connectivity index (χ1) is 17.3. The average molecular weight is 490 g/mol. The number of nitro groups is 1. The molecular formula is C28H31N3O5. The number of ether oxygens (including phenoxy) is 1. The van der Waals surface area contributed by atoms with E-state index in [-0.39, 0.29) is 17.2 Å². The molecule has 1 aliphatic heterocycles. The van der Waals surface area contributed by atoms with E-state index in [1.807, 2.05) is 54.3 Å². The maximum Gasteiger partial charge on any atom is 0.338 e. The molecule has 2 unspecified atom stereocenters. The van der Waals surface area contributed by atoms with Gasteiger partial charge in [-0.1, -0.05) is 50.2 Å². The molecule has 0 spiro atoms. The van der Waals surface area contributed by atoms with Gasteiger partial charge in [-0.15, -0.1) is 0 Å². The fraction of sp³-hybridized carbons (Fsp3) is 0.357. The van der Waals surface area contributed by atoms with Crippen molar-refractivity contribution < 1.29 is 19.2 Å². The lowest BCUT2D eigenvalue weighted by Crippen LogP contribution is -2.39. The molecule has 0 aliphatic carbocycles. The Bertz CT molecular complexity index is 1280. The zero-order valence-corrected chi connectivity index (χ0v) is 20.8. The highest BCUT2D eigenvalue weighted by molar-refractivity contribution is 6.04.